The average molecular weight is 336 g/mol. The third-order valence-corrected chi connectivity index (χ3v) is 4.47. The van der Waals surface area contributed by atoms with Crippen LogP contribution in [0.4, 0.5) is 4.39 Å². The van der Waals surface area contributed by atoms with Crippen LogP contribution < -0.4 is 5.32 Å². The molecule has 2 aromatic carbocycles. The molecule has 0 unspecified atom stereocenters. The molecule has 0 aliphatic carbocycles. The van der Waals surface area contributed by atoms with Gasteiger partial charge in [0.25, 0.3) is 0 Å². The number of aryl methyl sites for hydroxylation is 2. The van der Waals surface area contributed by atoms with Crippen LogP contribution in [-0.2, 0) is 17.6 Å². The number of aromatic nitrogens is 1. The number of carbonyl (C=O) groups excluding carboxylic acids is 1. The molecule has 1 heterocycles. The zero-order chi connectivity index (χ0) is 17.8. The second kappa shape index (κ2) is 7.43. The van der Waals surface area contributed by atoms with Crippen LogP contribution in [0.5, 0.6) is 0 Å². The molecule has 3 nitrogen and oxygen atoms in total. The van der Waals surface area contributed by atoms with Crippen LogP contribution in [0.15, 0.2) is 48.5 Å². The van der Waals surface area contributed by atoms with E-state index in [1.54, 1.807) is 12.1 Å². The Labute approximate surface area is 146 Å². The average Bonchev–Trinajstić information content (AvgIpc) is 2.60. The van der Waals surface area contributed by atoms with Gasteiger partial charge in [0.1, 0.15) is 5.82 Å². The molecular weight excluding hydrogens is 315 g/mol. The fourth-order valence-electron chi connectivity index (χ4n) is 3.05. The Morgan fingerprint density at radius 2 is 1.80 bits per heavy atom. The number of hydrogen-bond acceptors (Lipinski definition) is 2. The molecule has 0 aliphatic rings. The summed E-state index contributed by atoms with van der Waals surface area (Å²) in [5, 5.41) is 4.02. The van der Waals surface area contributed by atoms with Gasteiger partial charge in [-0.15, -0.1) is 0 Å². The molecule has 1 N–H and O–H groups in total. The smallest absolute Gasteiger partial charge is 0.224 e. The Bertz CT molecular complexity index is 904. The number of hydrogen-bond donors (Lipinski definition) is 1. The summed E-state index contributed by atoms with van der Waals surface area (Å²) in [5.74, 6) is -0.270. The van der Waals surface area contributed by atoms with Crippen LogP contribution in [0.3, 0.4) is 0 Å². The van der Waals surface area contributed by atoms with E-state index in [0.29, 0.717) is 19.4 Å². The summed E-state index contributed by atoms with van der Waals surface area (Å²) in [4.78, 5) is 16.9. The molecule has 0 radical (unpaired) electrons. The minimum Gasteiger partial charge on any atom is -0.355 e. The van der Waals surface area contributed by atoms with E-state index in [9.17, 15) is 9.18 Å². The summed E-state index contributed by atoms with van der Waals surface area (Å²) >= 11 is 0. The quantitative estimate of drug-likeness (QED) is 0.768. The van der Waals surface area contributed by atoms with Crippen molar-refractivity contribution in [2.24, 2.45) is 0 Å². The van der Waals surface area contributed by atoms with Gasteiger partial charge in [-0.05, 0) is 55.2 Å². The molecule has 25 heavy (non-hydrogen) atoms. The first-order chi connectivity index (χ1) is 12.0. The highest BCUT2D eigenvalue weighted by molar-refractivity contribution is 5.86. The van der Waals surface area contributed by atoms with Gasteiger partial charge in [-0.2, -0.15) is 0 Å². The highest BCUT2D eigenvalue weighted by atomic mass is 19.1. The van der Waals surface area contributed by atoms with Gasteiger partial charge in [0.15, 0.2) is 0 Å². The minimum atomic E-state index is -0.248. The van der Waals surface area contributed by atoms with Crippen molar-refractivity contribution in [1.82, 2.24) is 10.3 Å². The number of rotatable bonds is 5. The first kappa shape index (κ1) is 17.1. The van der Waals surface area contributed by atoms with Crippen LogP contribution in [0, 0.1) is 19.7 Å². The SMILES string of the molecule is Cc1nc2ccccc2c(C)c1CC(=O)NCCc1ccc(F)cc1. The predicted octanol–water partition coefficient (Wildman–Crippen LogP) is 3.89. The largest absolute Gasteiger partial charge is 0.355 e. The lowest BCUT2D eigenvalue weighted by atomic mass is 9.99. The maximum atomic E-state index is 12.9. The van der Waals surface area contributed by atoms with Crippen LogP contribution in [0.25, 0.3) is 10.9 Å². The van der Waals surface area contributed by atoms with Crippen molar-refractivity contribution in [1.29, 1.82) is 0 Å². The van der Waals surface area contributed by atoms with Gasteiger partial charge in [0, 0.05) is 17.6 Å². The van der Waals surface area contributed by atoms with E-state index in [1.807, 2.05) is 38.1 Å². The van der Waals surface area contributed by atoms with Crippen LogP contribution in [0.2, 0.25) is 0 Å². The predicted molar refractivity (Wildman–Crippen MR) is 98.0 cm³/mol. The Hall–Kier alpha value is -2.75. The summed E-state index contributed by atoms with van der Waals surface area (Å²) in [7, 11) is 0. The zero-order valence-corrected chi connectivity index (χ0v) is 14.5. The van der Waals surface area contributed by atoms with Crippen LogP contribution >= 0.6 is 0 Å². The summed E-state index contributed by atoms with van der Waals surface area (Å²) in [6.45, 7) is 4.52. The monoisotopic (exact) mass is 336 g/mol. The topological polar surface area (TPSA) is 42.0 Å². The first-order valence-corrected chi connectivity index (χ1v) is 8.40. The van der Waals surface area contributed by atoms with Crippen molar-refractivity contribution in [3.05, 3.63) is 76.7 Å². The second-order valence-electron chi connectivity index (χ2n) is 6.22. The number of carbonyl (C=O) groups is 1. The van der Waals surface area contributed by atoms with Crippen molar-refractivity contribution in [3.63, 3.8) is 0 Å². The molecule has 0 saturated carbocycles. The normalized spacial score (nSPS) is 10.8. The standard InChI is InChI=1S/C21H21FN2O/c1-14-18-5-3-4-6-20(18)24-15(2)19(14)13-21(25)23-12-11-16-7-9-17(22)10-8-16/h3-10H,11-13H2,1-2H3,(H,23,25). The molecule has 1 amide bonds. The van der Waals surface area contributed by atoms with E-state index < -0.39 is 0 Å². The maximum Gasteiger partial charge on any atom is 0.224 e. The van der Waals surface area contributed by atoms with Crippen molar-refractivity contribution >= 4 is 16.8 Å². The number of para-hydroxylation sites is 1. The van der Waals surface area contributed by atoms with E-state index >= 15 is 0 Å². The number of halogens is 1. The molecule has 0 atom stereocenters. The molecular formula is C21H21FN2O. The van der Waals surface area contributed by atoms with Crippen molar-refractivity contribution < 1.29 is 9.18 Å². The van der Waals surface area contributed by atoms with E-state index in [0.717, 1.165) is 33.3 Å². The molecule has 128 valence electrons. The van der Waals surface area contributed by atoms with Gasteiger partial charge in [0.05, 0.1) is 11.9 Å². The minimum absolute atomic E-state index is 0.0228. The highest BCUT2D eigenvalue weighted by Gasteiger charge is 2.12. The second-order valence-corrected chi connectivity index (χ2v) is 6.22. The van der Waals surface area contributed by atoms with Crippen molar-refractivity contribution in [2.45, 2.75) is 26.7 Å². The molecule has 0 bridgehead atoms. The van der Waals surface area contributed by atoms with E-state index in [-0.39, 0.29) is 11.7 Å². The number of nitrogens with one attached hydrogen (secondary N) is 1. The van der Waals surface area contributed by atoms with Crippen molar-refractivity contribution in [2.75, 3.05) is 6.54 Å². The molecule has 4 heteroatoms. The molecule has 0 fully saturated rings. The van der Waals surface area contributed by atoms with Gasteiger partial charge in [0.2, 0.25) is 5.91 Å². The van der Waals surface area contributed by atoms with Gasteiger partial charge in [-0.25, -0.2) is 4.39 Å². The van der Waals surface area contributed by atoms with E-state index in [4.69, 9.17) is 0 Å². The molecule has 0 saturated heterocycles. The summed E-state index contributed by atoms with van der Waals surface area (Å²) < 4.78 is 12.9. The number of benzene rings is 2. The Morgan fingerprint density at radius 3 is 2.56 bits per heavy atom. The van der Waals surface area contributed by atoms with E-state index in [1.165, 1.54) is 12.1 Å². The molecule has 3 aromatic rings. The Morgan fingerprint density at radius 1 is 1.08 bits per heavy atom. The fourth-order valence-corrected chi connectivity index (χ4v) is 3.05. The third-order valence-electron chi connectivity index (χ3n) is 4.47. The number of fused-ring (bicyclic) bond motifs is 1. The third kappa shape index (κ3) is 4.02. The van der Waals surface area contributed by atoms with Gasteiger partial charge < -0.3 is 5.32 Å². The number of pyridine rings is 1. The Balaban J connectivity index is 1.64. The molecule has 0 spiro atoms. The summed E-state index contributed by atoms with van der Waals surface area (Å²) in [5.41, 5.74) is 4.94. The lowest BCUT2D eigenvalue weighted by Gasteiger charge is -2.12. The first-order valence-electron chi connectivity index (χ1n) is 8.40. The summed E-state index contributed by atoms with van der Waals surface area (Å²) in [6.07, 6.45) is 0.999. The zero-order valence-electron chi connectivity index (χ0n) is 14.5. The molecule has 1 aromatic heterocycles. The number of nitrogens with zero attached hydrogens (tertiary/aromatic N) is 1. The summed E-state index contributed by atoms with van der Waals surface area (Å²) in [6, 6.07) is 14.3. The Kier molecular flexibility index (Phi) is 5.08. The lowest BCUT2D eigenvalue weighted by Crippen LogP contribution is -2.28. The van der Waals surface area contributed by atoms with Gasteiger partial charge >= 0.3 is 0 Å². The maximum absolute atomic E-state index is 12.9. The highest BCUT2D eigenvalue weighted by Crippen LogP contribution is 2.22. The van der Waals surface area contributed by atoms with Gasteiger partial charge in [-0.1, -0.05) is 30.3 Å². The lowest BCUT2D eigenvalue weighted by molar-refractivity contribution is -0.120. The molecule has 0 aliphatic heterocycles. The molecule has 3 rings (SSSR count). The van der Waals surface area contributed by atoms with Crippen LogP contribution in [0.1, 0.15) is 22.4 Å². The van der Waals surface area contributed by atoms with Crippen molar-refractivity contribution in [3.8, 4) is 0 Å². The van der Waals surface area contributed by atoms with E-state index in [2.05, 4.69) is 10.3 Å². The number of amides is 1. The van der Waals surface area contributed by atoms with Gasteiger partial charge in [-0.3, -0.25) is 9.78 Å². The van der Waals surface area contributed by atoms with Crippen LogP contribution in [-0.4, -0.2) is 17.4 Å². The fraction of sp³-hybridized carbons (Fsp3) is 0.238.